The normalized spacial score (nSPS) is 11.5. The lowest BCUT2D eigenvalue weighted by Crippen LogP contribution is -2.20. The predicted octanol–water partition coefficient (Wildman–Crippen LogP) is 1.52. The van der Waals surface area contributed by atoms with Crippen LogP contribution in [0.2, 0.25) is 0 Å². The van der Waals surface area contributed by atoms with E-state index in [0.29, 0.717) is 11.4 Å². The van der Waals surface area contributed by atoms with Crippen LogP contribution in [0.5, 0.6) is 0 Å². The maximum atomic E-state index is 11.1. The number of nitrogens with zero attached hydrogens (tertiary/aromatic N) is 2. The third-order valence-corrected chi connectivity index (χ3v) is 1.70. The van der Waals surface area contributed by atoms with Gasteiger partial charge in [-0.2, -0.15) is 5.26 Å². The Bertz CT molecular complexity index is 367. The van der Waals surface area contributed by atoms with E-state index in [4.69, 9.17) is 16.9 Å². The van der Waals surface area contributed by atoms with E-state index >= 15 is 0 Å². The summed E-state index contributed by atoms with van der Waals surface area (Å²) in [6.07, 6.45) is 1.38. The molecule has 0 bridgehead atoms. The molecule has 0 saturated heterocycles. The Kier molecular flexibility index (Phi) is 3.43. The quantitative estimate of drug-likeness (QED) is 0.751. The van der Waals surface area contributed by atoms with E-state index in [9.17, 15) is 4.79 Å². The average molecular weight is 210 g/mol. The molecule has 1 aromatic rings. The van der Waals surface area contributed by atoms with Gasteiger partial charge in [-0.1, -0.05) is 0 Å². The smallest absolute Gasteiger partial charge is 0.243 e. The second-order valence-corrected chi connectivity index (χ2v) is 3.30. The molecule has 1 atom stereocenters. The third-order valence-electron chi connectivity index (χ3n) is 1.51. The van der Waals surface area contributed by atoms with E-state index in [1.165, 1.54) is 6.20 Å². The van der Waals surface area contributed by atoms with Gasteiger partial charge in [0.05, 0.1) is 5.56 Å². The van der Waals surface area contributed by atoms with Crippen molar-refractivity contribution in [1.29, 1.82) is 5.26 Å². The minimum Gasteiger partial charge on any atom is -0.309 e. The van der Waals surface area contributed by atoms with Crippen molar-refractivity contribution in [2.24, 2.45) is 0 Å². The molecule has 5 heteroatoms. The van der Waals surface area contributed by atoms with E-state index in [-0.39, 0.29) is 5.91 Å². The first-order chi connectivity index (χ1) is 6.63. The third kappa shape index (κ3) is 2.71. The van der Waals surface area contributed by atoms with Gasteiger partial charge in [0.1, 0.15) is 17.3 Å². The van der Waals surface area contributed by atoms with Crippen molar-refractivity contribution >= 4 is 23.3 Å². The van der Waals surface area contributed by atoms with Crippen molar-refractivity contribution < 1.29 is 4.79 Å². The minimum absolute atomic E-state index is 0.316. The van der Waals surface area contributed by atoms with Crippen LogP contribution >= 0.6 is 11.6 Å². The summed E-state index contributed by atoms with van der Waals surface area (Å²) in [4.78, 5) is 15.0. The van der Waals surface area contributed by atoms with E-state index in [2.05, 4.69) is 10.3 Å². The van der Waals surface area contributed by atoms with Crippen LogP contribution in [-0.2, 0) is 4.79 Å². The van der Waals surface area contributed by atoms with Crippen LogP contribution in [-0.4, -0.2) is 16.3 Å². The lowest BCUT2D eigenvalue weighted by Gasteiger charge is -2.04. The number of carbonyl (C=O) groups excluding carboxylic acids is 1. The summed E-state index contributed by atoms with van der Waals surface area (Å²) in [6, 6.07) is 5.05. The molecule has 4 nitrogen and oxygen atoms in total. The van der Waals surface area contributed by atoms with Crippen LogP contribution < -0.4 is 5.32 Å². The van der Waals surface area contributed by atoms with Crippen LogP contribution in [0, 0.1) is 11.3 Å². The van der Waals surface area contributed by atoms with E-state index in [1.807, 2.05) is 6.07 Å². The van der Waals surface area contributed by atoms with Crippen LogP contribution in [0.1, 0.15) is 12.5 Å². The van der Waals surface area contributed by atoms with Gasteiger partial charge in [0.2, 0.25) is 5.91 Å². The van der Waals surface area contributed by atoms with Gasteiger partial charge >= 0.3 is 0 Å². The number of hydrogen-bond acceptors (Lipinski definition) is 3. The number of carbonyl (C=O) groups is 1. The summed E-state index contributed by atoms with van der Waals surface area (Å²) in [7, 11) is 0. The van der Waals surface area contributed by atoms with Crippen molar-refractivity contribution in [2.75, 3.05) is 5.32 Å². The van der Waals surface area contributed by atoms with Gasteiger partial charge in [-0.05, 0) is 19.1 Å². The molecular formula is C9H8ClN3O. The molecule has 0 spiro atoms. The first kappa shape index (κ1) is 10.5. The number of pyridine rings is 1. The summed E-state index contributed by atoms with van der Waals surface area (Å²) in [6.45, 7) is 1.57. The van der Waals surface area contributed by atoms with Crippen molar-refractivity contribution in [3.8, 4) is 6.07 Å². The van der Waals surface area contributed by atoms with Crippen LogP contribution in [0.25, 0.3) is 0 Å². The molecule has 1 N–H and O–H groups in total. The van der Waals surface area contributed by atoms with Crippen LogP contribution in [0.3, 0.4) is 0 Å². The Morgan fingerprint density at radius 3 is 2.86 bits per heavy atom. The average Bonchev–Trinajstić information content (AvgIpc) is 2.19. The summed E-state index contributed by atoms with van der Waals surface area (Å²) in [5, 5.41) is 10.4. The Balaban J connectivity index is 2.70. The summed E-state index contributed by atoms with van der Waals surface area (Å²) in [5.74, 6) is 0.0744. The molecule has 1 aromatic heterocycles. The van der Waals surface area contributed by atoms with E-state index in [0.717, 1.165) is 0 Å². The highest BCUT2D eigenvalue weighted by Crippen LogP contribution is 2.05. The van der Waals surface area contributed by atoms with Gasteiger partial charge in [-0.25, -0.2) is 4.98 Å². The Morgan fingerprint density at radius 2 is 2.43 bits per heavy atom. The SMILES string of the molecule is C[C@H](Cl)C(=O)Nc1ccc(C#N)cn1. The zero-order valence-electron chi connectivity index (χ0n) is 7.49. The second-order valence-electron chi connectivity index (χ2n) is 2.65. The molecule has 14 heavy (non-hydrogen) atoms. The fraction of sp³-hybridized carbons (Fsp3) is 0.222. The number of nitrogens with one attached hydrogen (secondary N) is 1. The molecule has 1 heterocycles. The minimum atomic E-state index is -0.604. The molecule has 0 aliphatic carbocycles. The Labute approximate surface area is 86.5 Å². The zero-order valence-corrected chi connectivity index (χ0v) is 8.25. The van der Waals surface area contributed by atoms with Gasteiger partial charge in [0, 0.05) is 6.20 Å². The summed E-state index contributed by atoms with van der Waals surface area (Å²) < 4.78 is 0. The van der Waals surface area contributed by atoms with Crippen molar-refractivity contribution in [3.05, 3.63) is 23.9 Å². The van der Waals surface area contributed by atoms with E-state index in [1.54, 1.807) is 19.1 Å². The highest BCUT2D eigenvalue weighted by atomic mass is 35.5. The van der Waals surface area contributed by atoms with Crippen molar-refractivity contribution in [3.63, 3.8) is 0 Å². The van der Waals surface area contributed by atoms with Gasteiger partial charge in [-0.15, -0.1) is 11.6 Å². The monoisotopic (exact) mass is 209 g/mol. The lowest BCUT2D eigenvalue weighted by molar-refractivity contribution is -0.115. The summed E-state index contributed by atoms with van der Waals surface area (Å²) in [5.41, 5.74) is 0.446. The maximum Gasteiger partial charge on any atom is 0.243 e. The zero-order chi connectivity index (χ0) is 10.6. The number of amides is 1. The van der Waals surface area contributed by atoms with Gasteiger partial charge < -0.3 is 5.32 Å². The molecule has 0 aliphatic rings. The van der Waals surface area contributed by atoms with Gasteiger partial charge in [-0.3, -0.25) is 4.79 Å². The highest BCUT2D eigenvalue weighted by molar-refractivity contribution is 6.32. The molecular weight excluding hydrogens is 202 g/mol. The Morgan fingerprint density at radius 1 is 1.71 bits per heavy atom. The number of halogens is 1. The molecule has 0 aliphatic heterocycles. The lowest BCUT2D eigenvalue weighted by atomic mass is 10.3. The number of aromatic nitrogens is 1. The first-order valence-corrected chi connectivity index (χ1v) is 4.38. The molecule has 0 radical (unpaired) electrons. The number of nitriles is 1. The molecule has 1 amide bonds. The largest absolute Gasteiger partial charge is 0.309 e. The second kappa shape index (κ2) is 4.58. The standard InChI is InChI=1S/C9H8ClN3O/c1-6(10)9(14)13-8-3-2-7(4-11)5-12-8/h2-3,5-6H,1H3,(H,12,13,14)/t6-/m0/s1. The fourth-order valence-electron chi connectivity index (χ4n) is 0.760. The van der Waals surface area contributed by atoms with Crippen molar-refractivity contribution in [2.45, 2.75) is 12.3 Å². The van der Waals surface area contributed by atoms with Crippen LogP contribution in [0.4, 0.5) is 5.82 Å². The number of anilines is 1. The highest BCUT2D eigenvalue weighted by Gasteiger charge is 2.09. The molecule has 0 unspecified atom stereocenters. The predicted molar refractivity (Wildman–Crippen MR) is 52.9 cm³/mol. The molecule has 0 saturated carbocycles. The molecule has 0 fully saturated rings. The molecule has 0 aromatic carbocycles. The maximum absolute atomic E-state index is 11.1. The van der Waals surface area contributed by atoms with Crippen LogP contribution in [0.15, 0.2) is 18.3 Å². The number of hydrogen-bond donors (Lipinski definition) is 1. The molecule has 1 rings (SSSR count). The number of alkyl halides is 1. The first-order valence-electron chi connectivity index (χ1n) is 3.94. The van der Waals surface area contributed by atoms with Gasteiger partial charge in [0.15, 0.2) is 0 Å². The fourth-order valence-corrected chi connectivity index (χ4v) is 0.814. The summed E-state index contributed by atoms with van der Waals surface area (Å²) >= 11 is 5.54. The van der Waals surface area contributed by atoms with Gasteiger partial charge in [0.25, 0.3) is 0 Å². The van der Waals surface area contributed by atoms with E-state index < -0.39 is 5.38 Å². The Hall–Kier alpha value is -1.60. The molecule has 72 valence electrons. The number of rotatable bonds is 2. The topological polar surface area (TPSA) is 65.8 Å². The van der Waals surface area contributed by atoms with Crippen molar-refractivity contribution in [1.82, 2.24) is 4.98 Å².